The number of hydrogen-bond donors (Lipinski definition) is 2. The molecule has 0 unspecified atom stereocenters. The third kappa shape index (κ3) is 9.04. The second kappa shape index (κ2) is 14.8. The summed E-state index contributed by atoms with van der Waals surface area (Å²) in [5.74, 6) is 0.0131. The Morgan fingerprint density at radius 1 is 0.977 bits per heavy atom. The Balaban J connectivity index is 1.38. The number of amides is 2. The van der Waals surface area contributed by atoms with Crippen molar-refractivity contribution in [2.75, 3.05) is 25.3 Å². The Labute approximate surface area is 255 Å². The lowest BCUT2D eigenvalue weighted by molar-refractivity contribution is -0.115. The number of carbonyl (C=O) groups is 3. The number of aromatic nitrogens is 1. The van der Waals surface area contributed by atoms with Gasteiger partial charge in [0.15, 0.2) is 17.3 Å². The van der Waals surface area contributed by atoms with Gasteiger partial charge in [0.2, 0.25) is 7.85 Å². The van der Waals surface area contributed by atoms with Crippen LogP contribution in [-0.2, 0) is 4.79 Å². The third-order valence-electron chi connectivity index (χ3n) is 6.15. The Bertz CT molecular complexity index is 1720. The first-order chi connectivity index (χ1) is 20.7. The van der Waals surface area contributed by atoms with Crippen molar-refractivity contribution in [1.29, 1.82) is 0 Å². The van der Waals surface area contributed by atoms with Gasteiger partial charge in [-0.15, -0.1) is 11.8 Å². The Morgan fingerprint density at radius 2 is 1.79 bits per heavy atom. The van der Waals surface area contributed by atoms with Crippen LogP contribution in [0.25, 0.3) is 17.0 Å². The van der Waals surface area contributed by atoms with Crippen LogP contribution >= 0.6 is 11.8 Å². The minimum Gasteiger partial charge on any atom is -0.493 e. The molecule has 2 amide bonds. The van der Waals surface area contributed by atoms with Crippen LogP contribution in [0, 0.1) is 6.92 Å². The summed E-state index contributed by atoms with van der Waals surface area (Å²) < 4.78 is 10.6. The zero-order valence-corrected chi connectivity index (χ0v) is 24.7. The number of aryl methyl sites for hydroxylation is 1. The normalized spacial score (nSPS) is 11.4. The molecular formula is C32H29BN4O5S. The number of methoxy groups -OCH3 is 2. The summed E-state index contributed by atoms with van der Waals surface area (Å²) in [7, 11) is 8.25. The molecule has 0 fully saturated rings. The molecule has 0 aliphatic heterocycles. The average Bonchev–Trinajstić information content (AvgIpc) is 3.01. The van der Waals surface area contributed by atoms with E-state index in [0.717, 1.165) is 27.1 Å². The van der Waals surface area contributed by atoms with E-state index in [9.17, 15) is 14.4 Å². The first-order valence-corrected chi connectivity index (χ1v) is 14.2. The van der Waals surface area contributed by atoms with E-state index < -0.39 is 5.81 Å². The van der Waals surface area contributed by atoms with Gasteiger partial charge in [0.25, 0.3) is 5.91 Å². The fourth-order valence-electron chi connectivity index (χ4n) is 4.06. The molecular weight excluding hydrogens is 563 g/mol. The molecule has 4 aromatic rings. The predicted molar refractivity (Wildman–Crippen MR) is 172 cm³/mol. The van der Waals surface area contributed by atoms with Gasteiger partial charge >= 0.3 is 0 Å². The van der Waals surface area contributed by atoms with Gasteiger partial charge in [0, 0.05) is 27.2 Å². The van der Waals surface area contributed by atoms with E-state index in [0.29, 0.717) is 28.5 Å². The molecule has 1 heterocycles. The highest BCUT2D eigenvalue weighted by Gasteiger charge is 2.11. The molecule has 3 aromatic carbocycles. The number of ether oxygens (including phenoxy) is 2. The van der Waals surface area contributed by atoms with E-state index in [4.69, 9.17) is 17.3 Å². The second-order valence-corrected chi connectivity index (χ2v) is 10.4. The molecule has 43 heavy (non-hydrogen) atoms. The molecule has 0 saturated carbocycles. The predicted octanol–water partition coefficient (Wildman–Crippen LogP) is 5.81. The van der Waals surface area contributed by atoms with Crippen molar-refractivity contribution in [3.8, 4) is 11.5 Å². The van der Waals surface area contributed by atoms with Gasteiger partial charge in [-0.1, -0.05) is 24.3 Å². The van der Waals surface area contributed by atoms with Crippen LogP contribution in [-0.4, -0.2) is 56.0 Å². The molecule has 2 N–H and O–H groups in total. The minimum absolute atomic E-state index is 0.0480. The monoisotopic (exact) mass is 592 g/mol. The van der Waals surface area contributed by atoms with Gasteiger partial charge in [-0.2, -0.15) is 5.10 Å². The summed E-state index contributed by atoms with van der Waals surface area (Å²) in [5, 5.41) is 7.82. The number of nitrogens with zero attached hydrogens (tertiary/aromatic N) is 2. The molecule has 216 valence electrons. The number of allylic oxidation sites excluding steroid dienone is 1. The molecule has 0 atom stereocenters. The summed E-state index contributed by atoms with van der Waals surface area (Å²) in [4.78, 5) is 42.3. The quantitative estimate of drug-likeness (QED) is 0.0922. The molecule has 11 heteroatoms. The maximum Gasteiger partial charge on any atom is 0.255 e. The highest BCUT2D eigenvalue weighted by atomic mass is 32.2. The van der Waals surface area contributed by atoms with E-state index in [-0.39, 0.29) is 23.9 Å². The topological polar surface area (TPSA) is 119 Å². The van der Waals surface area contributed by atoms with E-state index >= 15 is 0 Å². The number of thioether (sulfide) groups is 1. The maximum atomic E-state index is 12.9. The van der Waals surface area contributed by atoms with E-state index in [1.165, 1.54) is 18.9 Å². The summed E-state index contributed by atoms with van der Waals surface area (Å²) in [5.41, 5.74) is 6.17. The number of carbonyl (C=O) groups excluding carboxylic acids is 3. The summed E-state index contributed by atoms with van der Waals surface area (Å²) in [6, 6.07) is 21.8. The lowest BCUT2D eigenvalue weighted by Crippen LogP contribution is -2.18. The van der Waals surface area contributed by atoms with Crippen molar-refractivity contribution in [1.82, 2.24) is 10.4 Å². The van der Waals surface area contributed by atoms with Gasteiger partial charge in [0.05, 0.1) is 37.6 Å². The number of Topliss-reactive ketones (excluding diaryl/α,β-unsaturated/α-hetero) is 1. The zero-order valence-electron chi connectivity index (χ0n) is 23.9. The van der Waals surface area contributed by atoms with E-state index in [1.807, 2.05) is 49.4 Å². The number of benzene rings is 3. The van der Waals surface area contributed by atoms with Crippen molar-refractivity contribution in [3.05, 3.63) is 95.7 Å². The highest BCUT2D eigenvalue weighted by Crippen LogP contribution is 2.28. The SMILES string of the molecule is [B]C(=O)N/N=C(/C=C/c1ccc(OC)c(OC)c1)CC(=O)CSc1cccc(C(=O)Nc2ccc3nc(C)ccc3c2)c1. The number of ketones is 1. The summed E-state index contributed by atoms with van der Waals surface area (Å²) in [6.45, 7) is 1.93. The van der Waals surface area contributed by atoms with Crippen LogP contribution in [0.5, 0.6) is 11.5 Å². The second-order valence-electron chi connectivity index (χ2n) is 9.37. The largest absolute Gasteiger partial charge is 0.493 e. The Morgan fingerprint density at radius 3 is 2.56 bits per heavy atom. The molecule has 0 saturated heterocycles. The van der Waals surface area contributed by atoms with Crippen LogP contribution in [0.3, 0.4) is 0 Å². The van der Waals surface area contributed by atoms with Gasteiger partial charge in [-0.25, -0.2) is 0 Å². The number of fused-ring (bicyclic) bond motifs is 1. The van der Waals surface area contributed by atoms with Gasteiger partial charge in [-0.05, 0) is 73.2 Å². The number of hydrogen-bond acceptors (Lipinski definition) is 8. The van der Waals surface area contributed by atoms with Crippen molar-refractivity contribution >= 4 is 65.5 Å². The molecule has 4 rings (SSSR count). The first kappa shape index (κ1) is 31.0. The molecule has 0 aliphatic rings. The standard InChI is InChI=1S/C32H29BN4O5S/c1-20-7-10-22-16-24(12-13-28(22)34-20)35-31(39)23-5-4-6-27(17-23)43-19-26(38)18-25(36-37-32(33)40)11-8-21-9-14-29(41-2)30(15-21)42-3/h4-17H,18-19H2,1-3H3,(H,35,39)(H,37,40)/b11-8+,36-25-. The molecule has 0 bridgehead atoms. The van der Waals surface area contributed by atoms with E-state index in [1.54, 1.807) is 49.6 Å². The molecule has 9 nitrogen and oxygen atoms in total. The van der Waals surface area contributed by atoms with Crippen molar-refractivity contribution in [2.24, 2.45) is 5.10 Å². The molecule has 0 aliphatic carbocycles. The Kier molecular flexibility index (Phi) is 10.7. The first-order valence-electron chi connectivity index (χ1n) is 13.2. The Hall–Kier alpha value is -4.90. The van der Waals surface area contributed by atoms with E-state index in [2.05, 4.69) is 20.8 Å². The average molecular weight is 592 g/mol. The number of anilines is 1. The molecule has 2 radical (unpaired) electrons. The highest BCUT2D eigenvalue weighted by molar-refractivity contribution is 8.00. The maximum absolute atomic E-state index is 12.9. The number of hydrazone groups is 1. The van der Waals surface area contributed by atoms with Crippen LogP contribution in [0.2, 0.25) is 0 Å². The van der Waals surface area contributed by atoms with Crippen LogP contribution in [0.1, 0.15) is 28.0 Å². The number of pyridine rings is 1. The fourth-order valence-corrected chi connectivity index (χ4v) is 4.88. The van der Waals surface area contributed by atoms with Crippen LogP contribution in [0.15, 0.2) is 88.9 Å². The zero-order chi connectivity index (χ0) is 30.8. The smallest absolute Gasteiger partial charge is 0.255 e. The van der Waals surface area contributed by atoms with Crippen molar-refractivity contribution in [3.63, 3.8) is 0 Å². The van der Waals surface area contributed by atoms with Gasteiger partial charge in [0.1, 0.15) is 5.78 Å². The van der Waals surface area contributed by atoms with Crippen LogP contribution < -0.4 is 20.2 Å². The van der Waals surface area contributed by atoms with Crippen LogP contribution in [0.4, 0.5) is 10.5 Å². The fraction of sp³-hybridized carbons (Fsp3) is 0.156. The van der Waals surface area contributed by atoms with Crippen molar-refractivity contribution in [2.45, 2.75) is 18.2 Å². The van der Waals surface area contributed by atoms with Gasteiger partial charge < -0.3 is 14.8 Å². The molecule has 1 aromatic heterocycles. The molecule has 0 spiro atoms. The van der Waals surface area contributed by atoms with Gasteiger partial charge in [-0.3, -0.25) is 24.8 Å². The minimum atomic E-state index is -0.843. The third-order valence-corrected chi connectivity index (χ3v) is 7.20. The summed E-state index contributed by atoms with van der Waals surface area (Å²) in [6.07, 6.45) is 3.31. The number of nitrogens with one attached hydrogen (secondary N) is 2. The lowest BCUT2D eigenvalue weighted by atomic mass is 10.1. The lowest BCUT2D eigenvalue weighted by Gasteiger charge is -2.09. The number of rotatable bonds is 12. The summed E-state index contributed by atoms with van der Waals surface area (Å²) >= 11 is 1.30. The van der Waals surface area contributed by atoms with Crippen molar-refractivity contribution < 1.29 is 23.9 Å².